The van der Waals surface area contributed by atoms with Crippen LogP contribution in [-0.2, 0) is 17.6 Å². The molecule has 6 nitrogen and oxygen atoms in total. The molecule has 0 unspecified atom stereocenters. The molecule has 0 bridgehead atoms. The summed E-state index contributed by atoms with van der Waals surface area (Å²) in [6.45, 7) is 3.71. The van der Waals surface area contributed by atoms with Gasteiger partial charge in [-0.1, -0.05) is 12.1 Å². The van der Waals surface area contributed by atoms with Crippen LogP contribution < -0.4 is 15.6 Å². The van der Waals surface area contributed by atoms with Gasteiger partial charge in [0, 0.05) is 22.2 Å². The fourth-order valence-electron chi connectivity index (χ4n) is 3.79. The number of benzene rings is 2. The summed E-state index contributed by atoms with van der Waals surface area (Å²) in [6, 6.07) is 11.4. The largest absolute Gasteiger partial charge is 0.483 e. The van der Waals surface area contributed by atoms with Crippen molar-refractivity contribution in [2.24, 2.45) is 0 Å². The minimum Gasteiger partial charge on any atom is -0.483 e. The Bertz CT molecular complexity index is 1080. The van der Waals surface area contributed by atoms with Crippen LogP contribution in [0.4, 0.5) is 0 Å². The van der Waals surface area contributed by atoms with Gasteiger partial charge < -0.3 is 9.72 Å². The van der Waals surface area contributed by atoms with Gasteiger partial charge in [0.15, 0.2) is 6.61 Å². The molecule has 1 aliphatic rings. The average Bonchev–Trinajstić information content (AvgIpc) is 3.10. The standard InChI is InChI=1S/C23H25N3O3/c1-14-7-8-15(2)21(11-14)29-13-22(27)25-26-23(28)16-9-10-20-18(12-16)17-5-3-4-6-19(17)24-20/h7-12,24H,3-6,13H2,1-2H3,(H,25,27)(H,26,28). The van der Waals surface area contributed by atoms with Gasteiger partial charge in [0.05, 0.1) is 0 Å². The van der Waals surface area contributed by atoms with Gasteiger partial charge in [-0.25, -0.2) is 0 Å². The van der Waals surface area contributed by atoms with Gasteiger partial charge >= 0.3 is 0 Å². The molecule has 29 heavy (non-hydrogen) atoms. The van der Waals surface area contributed by atoms with Gasteiger partial charge in [-0.3, -0.25) is 20.4 Å². The van der Waals surface area contributed by atoms with Crippen LogP contribution in [0.15, 0.2) is 36.4 Å². The quantitative estimate of drug-likeness (QED) is 0.595. The lowest BCUT2D eigenvalue weighted by atomic mass is 9.95. The molecule has 2 amide bonds. The van der Waals surface area contributed by atoms with Crippen LogP contribution in [0.3, 0.4) is 0 Å². The Balaban J connectivity index is 1.36. The summed E-state index contributed by atoms with van der Waals surface area (Å²) in [6.07, 6.45) is 4.46. The van der Waals surface area contributed by atoms with E-state index in [0.717, 1.165) is 34.9 Å². The van der Waals surface area contributed by atoms with Crippen molar-refractivity contribution < 1.29 is 14.3 Å². The molecule has 2 aromatic carbocycles. The zero-order valence-corrected chi connectivity index (χ0v) is 16.7. The van der Waals surface area contributed by atoms with Crippen LogP contribution in [0, 0.1) is 13.8 Å². The number of hydrogen-bond donors (Lipinski definition) is 3. The number of carbonyl (C=O) groups excluding carboxylic acids is 2. The Morgan fingerprint density at radius 3 is 2.72 bits per heavy atom. The van der Waals surface area contributed by atoms with Gasteiger partial charge in [-0.2, -0.15) is 0 Å². The van der Waals surface area contributed by atoms with Crippen LogP contribution in [0.25, 0.3) is 10.9 Å². The molecule has 0 radical (unpaired) electrons. The van der Waals surface area contributed by atoms with Gasteiger partial charge in [0.25, 0.3) is 11.8 Å². The van der Waals surface area contributed by atoms with Crippen LogP contribution in [0.1, 0.15) is 45.6 Å². The Morgan fingerprint density at radius 1 is 1.03 bits per heavy atom. The third-order valence-corrected chi connectivity index (χ3v) is 5.38. The second-order valence-corrected chi connectivity index (χ2v) is 7.61. The first-order valence-corrected chi connectivity index (χ1v) is 9.94. The number of hydrogen-bond acceptors (Lipinski definition) is 3. The first kappa shape index (κ1) is 19.1. The SMILES string of the molecule is Cc1ccc(C)c(OCC(=O)NNC(=O)c2ccc3[nH]c4c(c3c2)CCCC4)c1. The summed E-state index contributed by atoms with van der Waals surface area (Å²) in [7, 11) is 0. The maximum Gasteiger partial charge on any atom is 0.276 e. The first-order chi connectivity index (χ1) is 14.0. The van der Waals surface area contributed by atoms with Crippen molar-refractivity contribution in [2.75, 3.05) is 6.61 Å². The maximum atomic E-state index is 12.5. The predicted molar refractivity (Wildman–Crippen MR) is 112 cm³/mol. The van der Waals surface area contributed by atoms with Crippen molar-refractivity contribution in [2.45, 2.75) is 39.5 Å². The summed E-state index contributed by atoms with van der Waals surface area (Å²) in [4.78, 5) is 28.0. The van der Waals surface area contributed by atoms with Crippen molar-refractivity contribution >= 4 is 22.7 Å². The number of amides is 2. The van der Waals surface area contributed by atoms with Crippen molar-refractivity contribution in [1.29, 1.82) is 0 Å². The van der Waals surface area contributed by atoms with Gasteiger partial charge in [0.2, 0.25) is 0 Å². The number of carbonyl (C=O) groups is 2. The molecular formula is C23H25N3O3. The Hall–Kier alpha value is -3.28. The highest BCUT2D eigenvalue weighted by Gasteiger charge is 2.17. The van der Waals surface area contributed by atoms with E-state index >= 15 is 0 Å². The number of fused-ring (bicyclic) bond motifs is 3. The molecule has 150 valence electrons. The Labute approximate surface area is 169 Å². The highest BCUT2D eigenvalue weighted by atomic mass is 16.5. The molecular weight excluding hydrogens is 366 g/mol. The topological polar surface area (TPSA) is 83.2 Å². The van der Waals surface area contributed by atoms with Crippen molar-refractivity contribution in [3.05, 3.63) is 64.3 Å². The highest BCUT2D eigenvalue weighted by molar-refractivity contribution is 5.99. The molecule has 4 rings (SSSR count). The smallest absolute Gasteiger partial charge is 0.276 e. The molecule has 0 fully saturated rings. The number of rotatable bonds is 4. The zero-order chi connectivity index (χ0) is 20.4. The third kappa shape index (κ3) is 4.11. The Morgan fingerprint density at radius 2 is 1.86 bits per heavy atom. The van der Waals surface area contributed by atoms with Crippen molar-refractivity contribution in [3.8, 4) is 5.75 Å². The summed E-state index contributed by atoms with van der Waals surface area (Å²) in [5.41, 5.74) is 11.1. The van der Waals surface area contributed by atoms with Crippen LogP contribution in [-0.4, -0.2) is 23.4 Å². The number of aromatic nitrogens is 1. The molecule has 0 saturated heterocycles. The number of aryl methyl sites for hydroxylation is 4. The molecule has 0 spiro atoms. The number of ether oxygens (including phenoxy) is 1. The van der Waals surface area contributed by atoms with Gasteiger partial charge in [-0.15, -0.1) is 0 Å². The summed E-state index contributed by atoms with van der Waals surface area (Å²) in [5.74, 6) is -0.105. The molecule has 1 aliphatic carbocycles. The van der Waals surface area contributed by atoms with Crippen LogP contribution in [0.2, 0.25) is 0 Å². The van der Waals surface area contributed by atoms with Crippen molar-refractivity contribution in [3.63, 3.8) is 0 Å². The normalized spacial score (nSPS) is 13.0. The number of H-pyrrole nitrogens is 1. The van der Waals surface area contributed by atoms with Gasteiger partial charge in [0.1, 0.15) is 5.75 Å². The second kappa shape index (κ2) is 7.99. The number of aromatic amines is 1. The fourth-order valence-corrected chi connectivity index (χ4v) is 3.79. The molecule has 3 aromatic rings. The molecule has 1 aromatic heterocycles. The third-order valence-electron chi connectivity index (χ3n) is 5.38. The Kier molecular flexibility index (Phi) is 5.25. The van der Waals surface area contributed by atoms with E-state index in [1.165, 1.54) is 24.1 Å². The lowest BCUT2D eigenvalue weighted by Crippen LogP contribution is -2.43. The van der Waals surface area contributed by atoms with E-state index < -0.39 is 5.91 Å². The van der Waals surface area contributed by atoms with E-state index in [0.29, 0.717) is 11.3 Å². The lowest BCUT2D eigenvalue weighted by Gasteiger charge is -2.12. The molecule has 6 heteroatoms. The first-order valence-electron chi connectivity index (χ1n) is 9.94. The molecule has 0 aliphatic heterocycles. The van der Waals surface area contributed by atoms with E-state index in [1.54, 1.807) is 6.07 Å². The molecule has 1 heterocycles. The second-order valence-electron chi connectivity index (χ2n) is 7.61. The van der Waals surface area contributed by atoms with Gasteiger partial charge in [-0.05, 0) is 80.5 Å². The molecule has 0 saturated carbocycles. The summed E-state index contributed by atoms with van der Waals surface area (Å²) in [5, 5.41) is 1.09. The van der Waals surface area contributed by atoms with Crippen LogP contribution in [0.5, 0.6) is 5.75 Å². The van der Waals surface area contributed by atoms with Crippen molar-refractivity contribution in [1.82, 2.24) is 15.8 Å². The molecule has 3 N–H and O–H groups in total. The van der Waals surface area contributed by atoms with E-state index in [4.69, 9.17) is 4.74 Å². The average molecular weight is 391 g/mol. The minimum atomic E-state index is -0.417. The van der Waals surface area contributed by atoms with Crippen LogP contribution >= 0.6 is 0 Å². The van der Waals surface area contributed by atoms with E-state index in [-0.39, 0.29) is 12.5 Å². The number of hydrazine groups is 1. The lowest BCUT2D eigenvalue weighted by molar-refractivity contribution is -0.123. The van der Waals surface area contributed by atoms with E-state index in [9.17, 15) is 9.59 Å². The monoisotopic (exact) mass is 391 g/mol. The number of nitrogens with one attached hydrogen (secondary N) is 3. The zero-order valence-electron chi connectivity index (χ0n) is 16.7. The fraction of sp³-hybridized carbons (Fsp3) is 0.304. The van der Waals surface area contributed by atoms with E-state index in [1.807, 2.05) is 44.2 Å². The van der Waals surface area contributed by atoms with E-state index in [2.05, 4.69) is 15.8 Å². The summed E-state index contributed by atoms with van der Waals surface area (Å²) < 4.78 is 5.56. The predicted octanol–water partition coefficient (Wildman–Crippen LogP) is 3.50. The summed E-state index contributed by atoms with van der Waals surface area (Å²) >= 11 is 0. The highest BCUT2D eigenvalue weighted by Crippen LogP contribution is 2.29. The maximum absolute atomic E-state index is 12.5. The molecule has 0 atom stereocenters. The minimum absolute atomic E-state index is 0.172.